The number of nitrogens with zero attached hydrogens (tertiary/aromatic N) is 2. The van der Waals surface area contributed by atoms with Crippen LogP contribution in [0.1, 0.15) is 5.56 Å². The summed E-state index contributed by atoms with van der Waals surface area (Å²) in [6.45, 7) is 1.79. The molecule has 0 bridgehead atoms. The van der Waals surface area contributed by atoms with Gasteiger partial charge in [-0.2, -0.15) is 0 Å². The van der Waals surface area contributed by atoms with Crippen molar-refractivity contribution >= 4 is 40.2 Å². The molecule has 25 heavy (non-hydrogen) atoms. The summed E-state index contributed by atoms with van der Waals surface area (Å²) in [5, 5.41) is -1.20. The standard InChI is InChI=1S/C18H17N3O3S/c1-12-7-9-13(10-8-12)20(11-15(19)22)17-16(23)21(18(24)25-17)14-5-3-2-4-6-14/h2-10,17H,11H2,1H3,(H2,19,22)/t17-/m0/s1. The summed E-state index contributed by atoms with van der Waals surface area (Å²) in [4.78, 5) is 39.5. The van der Waals surface area contributed by atoms with Crippen molar-refractivity contribution in [3.63, 3.8) is 0 Å². The van der Waals surface area contributed by atoms with Gasteiger partial charge in [0.2, 0.25) is 5.91 Å². The minimum Gasteiger partial charge on any atom is -0.368 e. The maximum atomic E-state index is 12.9. The quantitative estimate of drug-likeness (QED) is 0.891. The molecule has 0 aromatic heterocycles. The normalized spacial score (nSPS) is 17.0. The van der Waals surface area contributed by atoms with Crippen LogP contribution in [0.25, 0.3) is 0 Å². The number of primary amides is 1. The molecule has 7 heteroatoms. The molecule has 1 fully saturated rings. The summed E-state index contributed by atoms with van der Waals surface area (Å²) in [5.74, 6) is -0.956. The maximum Gasteiger partial charge on any atom is 0.295 e. The van der Waals surface area contributed by atoms with E-state index in [-0.39, 0.29) is 17.7 Å². The molecular formula is C18H17N3O3S. The average molecular weight is 355 g/mol. The van der Waals surface area contributed by atoms with Gasteiger partial charge in [-0.3, -0.25) is 14.4 Å². The first-order chi connectivity index (χ1) is 12.0. The molecule has 2 aromatic carbocycles. The molecule has 3 rings (SSSR count). The highest BCUT2D eigenvalue weighted by molar-refractivity contribution is 8.16. The second-order valence-electron chi connectivity index (χ2n) is 5.68. The average Bonchev–Trinajstić information content (AvgIpc) is 2.88. The van der Waals surface area contributed by atoms with Crippen LogP contribution >= 0.6 is 11.8 Å². The zero-order valence-electron chi connectivity index (χ0n) is 13.6. The minimum atomic E-state index is -0.831. The van der Waals surface area contributed by atoms with E-state index in [1.807, 2.05) is 37.3 Å². The Hall–Kier alpha value is -2.80. The van der Waals surface area contributed by atoms with Crippen LogP contribution in [-0.4, -0.2) is 29.0 Å². The summed E-state index contributed by atoms with van der Waals surface area (Å²) in [7, 11) is 0. The molecule has 0 spiro atoms. The van der Waals surface area contributed by atoms with Gasteiger partial charge in [-0.1, -0.05) is 35.9 Å². The van der Waals surface area contributed by atoms with Gasteiger partial charge < -0.3 is 10.6 Å². The molecule has 128 valence electrons. The SMILES string of the molecule is Cc1ccc(N(CC(N)=O)[C@H]2SC(=O)N(c3ccccc3)C2=O)cc1. The summed E-state index contributed by atoms with van der Waals surface area (Å²) in [6.07, 6.45) is 0. The minimum absolute atomic E-state index is 0.150. The number of hydrogen-bond acceptors (Lipinski definition) is 5. The number of aryl methyl sites for hydroxylation is 1. The van der Waals surface area contributed by atoms with E-state index >= 15 is 0 Å². The lowest BCUT2D eigenvalue weighted by Gasteiger charge is -2.27. The lowest BCUT2D eigenvalue weighted by molar-refractivity contribution is -0.117. The van der Waals surface area contributed by atoms with Crippen LogP contribution in [0.2, 0.25) is 0 Å². The lowest BCUT2D eigenvalue weighted by Crippen LogP contribution is -2.45. The Morgan fingerprint density at radius 3 is 2.36 bits per heavy atom. The van der Waals surface area contributed by atoms with E-state index in [0.29, 0.717) is 11.4 Å². The van der Waals surface area contributed by atoms with Crippen molar-refractivity contribution in [2.45, 2.75) is 12.3 Å². The van der Waals surface area contributed by atoms with Crippen LogP contribution < -0.4 is 15.5 Å². The molecule has 3 amide bonds. The van der Waals surface area contributed by atoms with E-state index in [1.54, 1.807) is 29.2 Å². The van der Waals surface area contributed by atoms with Gasteiger partial charge in [-0.15, -0.1) is 0 Å². The molecule has 1 aliphatic rings. The van der Waals surface area contributed by atoms with Crippen LogP contribution in [0.15, 0.2) is 54.6 Å². The Labute approximate surface area is 149 Å². The summed E-state index contributed by atoms with van der Waals surface area (Å²) in [5.41, 5.74) is 7.58. The Morgan fingerprint density at radius 1 is 1.12 bits per heavy atom. The van der Waals surface area contributed by atoms with Gasteiger partial charge in [0.25, 0.3) is 11.1 Å². The predicted octanol–water partition coefficient (Wildman–Crippen LogP) is 2.51. The molecular weight excluding hydrogens is 338 g/mol. The highest BCUT2D eigenvalue weighted by Gasteiger charge is 2.44. The number of imide groups is 1. The number of nitrogens with two attached hydrogens (primary N) is 1. The monoisotopic (exact) mass is 355 g/mol. The number of carbonyl (C=O) groups excluding carboxylic acids is 3. The van der Waals surface area contributed by atoms with Crippen LogP contribution in [0.4, 0.5) is 16.2 Å². The lowest BCUT2D eigenvalue weighted by atomic mass is 10.2. The first-order valence-electron chi connectivity index (χ1n) is 7.68. The number of rotatable bonds is 5. The Balaban J connectivity index is 1.94. The molecule has 1 saturated heterocycles. The fourth-order valence-corrected chi connectivity index (χ4v) is 3.64. The molecule has 1 atom stereocenters. The third-order valence-corrected chi connectivity index (χ3v) is 4.88. The van der Waals surface area contributed by atoms with E-state index < -0.39 is 11.3 Å². The fraction of sp³-hybridized carbons (Fsp3) is 0.167. The van der Waals surface area contributed by atoms with Crippen molar-refractivity contribution in [3.8, 4) is 0 Å². The zero-order valence-corrected chi connectivity index (χ0v) is 14.4. The molecule has 0 unspecified atom stereocenters. The number of para-hydroxylation sites is 1. The summed E-state index contributed by atoms with van der Waals surface area (Å²) < 4.78 is 0. The van der Waals surface area contributed by atoms with Gasteiger partial charge >= 0.3 is 0 Å². The number of anilines is 2. The van der Waals surface area contributed by atoms with E-state index in [1.165, 1.54) is 0 Å². The second-order valence-corrected chi connectivity index (χ2v) is 6.71. The molecule has 2 N–H and O–H groups in total. The van der Waals surface area contributed by atoms with Crippen molar-refractivity contribution in [3.05, 3.63) is 60.2 Å². The van der Waals surface area contributed by atoms with Crippen molar-refractivity contribution in [1.82, 2.24) is 0 Å². The highest BCUT2D eigenvalue weighted by Crippen LogP contribution is 2.35. The highest BCUT2D eigenvalue weighted by atomic mass is 32.2. The summed E-state index contributed by atoms with van der Waals surface area (Å²) in [6, 6.07) is 16.1. The van der Waals surface area contributed by atoms with Crippen molar-refractivity contribution < 1.29 is 14.4 Å². The molecule has 1 heterocycles. The van der Waals surface area contributed by atoms with Gasteiger partial charge in [-0.05, 0) is 43.0 Å². The van der Waals surface area contributed by atoms with Crippen LogP contribution in [0, 0.1) is 6.92 Å². The Morgan fingerprint density at radius 2 is 1.76 bits per heavy atom. The number of amides is 3. The van der Waals surface area contributed by atoms with Gasteiger partial charge in [0.1, 0.15) is 0 Å². The number of benzene rings is 2. The number of hydrogen-bond donors (Lipinski definition) is 1. The van der Waals surface area contributed by atoms with Gasteiger partial charge in [-0.25, -0.2) is 4.90 Å². The van der Waals surface area contributed by atoms with Crippen LogP contribution in [-0.2, 0) is 9.59 Å². The number of thioether (sulfide) groups is 1. The third-order valence-electron chi connectivity index (χ3n) is 3.82. The molecule has 0 saturated carbocycles. The molecule has 0 aliphatic carbocycles. The second kappa shape index (κ2) is 6.98. The predicted molar refractivity (Wildman–Crippen MR) is 98.4 cm³/mol. The van der Waals surface area contributed by atoms with Crippen molar-refractivity contribution in [2.75, 3.05) is 16.3 Å². The fourth-order valence-electron chi connectivity index (χ4n) is 2.62. The molecule has 6 nitrogen and oxygen atoms in total. The third kappa shape index (κ3) is 3.51. The topological polar surface area (TPSA) is 83.7 Å². The van der Waals surface area contributed by atoms with E-state index in [4.69, 9.17) is 5.73 Å². The molecule has 2 aromatic rings. The van der Waals surface area contributed by atoms with Gasteiger partial charge in [0, 0.05) is 5.69 Å². The van der Waals surface area contributed by atoms with Crippen LogP contribution in [0.5, 0.6) is 0 Å². The summed E-state index contributed by atoms with van der Waals surface area (Å²) >= 11 is 0.881. The first-order valence-corrected chi connectivity index (χ1v) is 8.56. The number of carbonyl (C=O) groups is 3. The Bertz CT molecular complexity index is 808. The smallest absolute Gasteiger partial charge is 0.295 e. The largest absolute Gasteiger partial charge is 0.368 e. The Kier molecular flexibility index (Phi) is 4.76. The molecule has 1 aliphatic heterocycles. The van der Waals surface area contributed by atoms with E-state index in [2.05, 4.69) is 0 Å². The van der Waals surface area contributed by atoms with Gasteiger partial charge in [0.05, 0.1) is 12.2 Å². The van der Waals surface area contributed by atoms with E-state index in [0.717, 1.165) is 22.2 Å². The van der Waals surface area contributed by atoms with Crippen molar-refractivity contribution in [2.24, 2.45) is 5.73 Å². The zero-order chi connectivity index (χ0) is 18.0. The maximum absolute atomic E-state index is 12.9. The van der Waals surface area contributed by atoms with Crippen LogP contribution in [0.3, 0.4) is 0 Å². The van der Waals surface area contributed by atoms with Gasteiger partial charge in [0.15, 0.2) is 5.37 Å². The first kappa shape index (κ1) is 17.0. The van der Waals surface area contributed by atoms with Crippen molar-refractivity contribution in [1.29, 1.82) is 0 Å². The molecule has 0 radical (unpaired) electrons. The van der Waals surface area contributed by atoms with E-state index in [9.17, 15) is 14.4 Å².